The van der Waals surface area contributed by atoms with Crippen LogP contribution in [0.15, 0.2) is 71.6 Å². The zero-order chi connectivity index (χ0) is 24.6. The zero-order valence-electron chi connectivity index (χ0n) is 18.0. The molecule has 0 unspecified atom stereocenters. The first kappa shape index (κ1) is 23.1. The maximum atomic E-state index is 13.9. The van der Waals surface area contributed by atoms with Crippen LogP contribution in [0, 0.1) is 5.82 Å². The second kappa shape index (κ2) is 9.18. The summed E-state index contributed by atoms with van der Waals surface area (Å²) in [6.07, 6.45) is -3.98. The van der Waals surface area contributed by atoms with Gasteiger partial charge in [-0.15, -0.1) is 22.0 Å². The lowest BCUT2D eigenvalue weighted by Crippen LogP contribution is -2.31. The molecule has 0 bridgehead atoms. The molecule has 1 amide bonds. The second-order valence-corrected chi connectivity index (χ2v) is 9.01. The summed E-state index contributed by atoms with van der Waals surface area (Å²) in [7, 11) is 0. The number of carbonyl (C=O) groups is 1. The van der Waals surface area contributed by atoms with Gasteiger partial charge in [-0.2, -0.15) is 13.2 Å². The molecule has 5 rings (SSSR count). The molecular weight excluding hydrogens is 482 g/mol. The molecule has 0 saturated heterocycles. The number of amides is 1. The molecule has 5 nitrogen and oxygen atoms in total. The van der Waals surface area contributed by atoms with Crippen molar-refractivity contribution in [3.8, 4) is 11.6 Å². The van der Waals surface area contributed by atoms with E-state index in [1.165, 1.54) is 24.3 Å². The van der Waals surface area contributed by atoms with Gasteiger partial charge in [0.2, 0.25) is 0 Å². The van der Waals surface area contributed by atoms with Crippen molar-refractivity contribution >= 4 is 28.6 Å². The highest BCUT2D eigenvalue weighted by Gasteiger charge is 2.31. The minimum Gasteiger partial charge on any atom is -0.437 e. The van der Waals surface area contributed by atoms with Crippen LogP contribution < -0.4 is 10.1 Å². The Morgan fingerprint density at radius 1 is 1.03 bits per heavy atom. The van der Waals surface area contributed by atoms with Crippen LogP contribution in [0.2, 0.25) is 0 Å². The van der Waals surface area contributed by atoms with E-state index >= 15 is 0 Å². The zero-order valence-corrected chi connectivity index (χ0v) is 18.8. The summed E-state index contributed by atoms with van der Waals surface area (Å²) in [5.74, 6) is -0.600. The number of nitrogens with zero attached hydrogens (tertiary/aromatic N) is 2. The third-order valence-corrected chi connectivity index (χ3v) is 6.68. The quantitative estimate of drug-likeness (QED) is 0.323. The van der Waals surface area contributed by atoms with Crippen LogP contribution in [0.25, 0.3) is 10.9 Å². The maximum absolute atomic E-state index is 13.9. The molecule has 0 saturated carbocycles. The van der Waals surface area contributed by atoms with E-state index in [1.54, 1.807) is 42.1 Å². The topological polar surface area (TPSA) is 64.1 Å². The van der Waals surface area contributed by atoms with Gasteiger partial charge in [0, 0.05) is 16.0 Å². The van der Waals surface area contributed by atoms with E-state index in [0.29, 0.717) is 22.9 Å². The summed E-state index contributed by atoms with van der Waals surface area (Å²) in [5.41, 5.74) is 0.221. The molecule has 0 spiro atoms. The summed E-state index contributed by atoms with van der Waals surface area (Å²) >= 11 is 1.58. The number of aromatic nitrogens is 2. The molecular formula is C25H17F4N3O2S. The second-order valence-electron chi connectivity index (χ2n) is 7.87. The van der Waals surface area contributed by atoms with Crippen LogP contribution >= 0.6 is 11.8 Å². The van der Waals surface area contributed by atoms with Crippen molar-refractivity contribution in [1.29, 1.82) is 0 Å². The highest BCUT2D eigenvalue weighted by molar-refractivity contribution is 7.99. The Balaban J connectivity index is 1.53. The van der Waals surface area contributed by atoms with E-state index in [-0.39, 0.29) is 17.2 Å². The highest BCUT2D eigenvalue weighted by Crippen LogP contribution is 2.38. The number of hydrogen-bond donors (Lipinski definition) is 1. The lowest BCUT2D eigenvalue weighted by atomic mass is 10.0. The molecule has 2 heterocycles. The predicted molar refractivity (Wildman–Crippen MR) is 123 cm³/mol. The number of nitrogens with one attached hydrogen (secondary N) is 1. The van der Waals surface area contributed by atoms with Crippen LogP contribution in [0.3, 0.4) is 0 Å². The molecule has 1 aliphatic rings. The van der Waals surface area contributed by atoms with Gasteiger partial charge < -0.3 is 10.1 Å². The van der Waals surface area contributed by atoms with Crippen molar-refractivity contribution in [1.82, 2.24) is 15.5 Å². The van der Waals surface area contributed by atoms with Gasteiger partial charge in [-0.05, 0) is 54.4 Å². The molecule has 1 atom stereocenters. The summed E-state index contributed by atoms with van der Waals surface area (Å²) < 4.78 is 59.0. The van der Waals surface area contributed by atoms with E-state index in [4.69, 9.17) is 4.74 Å². The summed E-state index contributed by atoms with van der Waals surface area (Å²) in [6.45, 7) is 0. The Morgan fingerprint density at radius 2 is 1.86 bits per heavy atom. The fourth-order valence-electron chi connectivity index (χ4n) is 3.92. The summed E-state index contributed by atoms with van der Waals surface area (Å²) in [5, 5.41) is 11.4. The van der Waals surface area contributed by atoms with E-state index in [9.17, 15) is 22.4 Å². The Kier molecular flexibility index (Phi) is 6.06. The standard InChI is InChI=1S/C25H17F4N3O2S/c26-15-8-9-21-18(13-15)19(10-11-35-21)30-23(33)22-17-6-1-2-7-20(17)31-32-24(22)34-16-5-3-4-14(12-16)25(27,28)29/h1-9,12-13,19H,10-11H2,(H,30,33)/t19-/m0/s1. The third-order valence-electron chi connectivity index (χ3n) is 5.56. The number of rotatable bonds is 4. The minimum absolute atomic E-state index is 0.0317. The first-order valence-electron chi connectivity index (χ1n) is 10.6. The Hall–Kier alpha value is -3.66. The lowest BCUT2D eigenvalue weighted by Gasteiger charge is -2.26. The van der Waals surface area contributed by atoms with Crippen molar-refractivity contribution in [3.63, 3.8) is 0 Å². The van der Waals surface area contributed by atoms with E-state index in [1.807, 2.05) is 0 Å². The number of hydrogen-bond acceptors (Lipinski definition) is 5. The van der Waals surface area contributed by atoms with Gasteiger partial charge in [0.1, 0.15) is 17.1 Å². The predicted octanol–water partition coefficient (Wildman–Crippen LogP) is 6.55. The first-order chi connectivity index (χ1) is 16.8. The Morgan fingerprint density at radius 3 is 2.69 bits per heavy atom. The fraction of sp³-hybridized carbons (Fsp3) is 0.160. The number of ether oxygens (including phenoxy) is 1. The van der Waals surface area contributed by atoms with Gasteiger partial charge >= 0.3 is 6.18 Å². The SMILES string of the molecule is O=C(N[C@H]1CCSc2ccc(F)cc21)c1c(Oc2cccc(C(F)(F)F)c2)nnc2ccccc12. The van der Waals surface area contributed by atoms with Gasteiger partial charge in [-0.1, -0.05) is 24.3 Å². The average Bonchev–Trinajstić information content (AvgIpc) is 2.84. The van der Waals surface area contributed by atoms with E-state index in [2.05, 4.69) is 15.5 Å². The van der Waals surface area contributed by atoms with Crippen LogP contribution in [0.1, 0.15) is 33.9 Å². The average molecular weight is 499 g/mol. The monoisotopic (exact) mass is 499 g/mol. The molecule has 10 heteroatoms. The van der Waals surface area contributed by atoms with E-state index < -0.39 is 29.5 Å². The number of fused-ring (bicyclic) bond motifs is 2. The maximum Gasteiger partial charge on any atom is 0.416 e. The molecule has 3 aromatic carbocycles. The number of thioether (sulfide) groups is 1. The summed E-state index contributed by atoms with van der Waals surface area (Å²) in [4.78, 5) is 14.4. The minimum atomic E-state index is -4.56. The lowest BCUT2D eigenvalue weighted by molar-refractivity contribution is -0.137. The largest absolute Gasteiger partial charge is 0.437 e. The van der Waals surface area contributed by atoms with Crippen LogP contribution in [0.5, 0.6) is 11.6 Å². The van der Waals surface area contributed by atoms with Crippen molar-refractivity contribution in [3.05, 3.63) is 89.2 Å². The molecule has 0 radical (unpaired) electrons. The number of halogens is 4. The Bertz CT molecular complexity index is 1430. The van der Waals surface area contributed by atoms with Crippen molar-refractivity contribution in [2.24, 2.45) is 0 Å². The van der Waals surface area contributed by atoms with Gasteiger partial charge in [0.15, 0.2) is 0 Å². The van der Waals surface area contributed by atoms with Gasteiger partial charge in [-0.3, -0.25) is 4.79 Å². The smallest absolute Gasteiger partial charge is 0.416 e. The molecule has 0 fully saturated rings. The molecule has 1 aromatic heterocycles. The molecule has 1 aliphatic heterocycles. The van der Waals surface area contributed by atoms with Crippen LogP contribution in [-0.4, -0.2) is 21.9 Å². The highest BCUT2D eigenvalue weighted by atomic mass is 32.2. The molecule has 0 aliphatic carbocycles. The fourth-order valence-corrected chi connectivity index (χ4v) is 5.03. The molecule has 4 aromatic rings. The number of benzene rings is 3. The van der Waals surface area contributed by atoms with Crippen molar-refractivity contribution < 1.29 is 27.1 Å². The van der Waals surface area contributed by atoms with Crippen LogP contribution in [-0.2, 0) is 6.18 Å². The van der Waals surface area contributed by atoms with Crippen LogP contribution in [0.4, 0.5) is 17.6 Å². The van der Waals surface area contributed by atoms with Gasteiger partial charge in [0.05, 0.1) is 17.1 Å². The number of carbonyl (C=O) groups excluding carboxylic acids is 1. The van der Waals surface area contributed by atoms with E-state index in [0.717, 1.165) is 22.8 Å². The third kappa shape index (κ3) is 4.79. The van der Waals surface area contributed by atoms with Crippen molar-refractivity contribution in [2.45, 2.75) is 23.5 Å². The summed E-state index contributed by atoms with van der Waals surface area (Å²) in [6, 6.07) is 15.0. The number of alkyl halides is 3. The Labute approximate surface area is 201 Å². The molecule has 35 heavy (non-hydrogen) atoms. The van der Waals surface area contributed by atoms with Crippen molar-refractivity contribution in [2.75, 3.05) is 5.75 Å². The molecule has 178 valence electrons. The normalized spacial score (nSPS) is 15.5. The molecule has 1 N–H and O–H groups in total. The van der Waals surface area contributed by atoms with Gasteiger partial charge in [-0.25, -0.2) is 4.39 Å². The first-order valence-corrected chi connectivity index (χ1v) is 11.6. The van der Waals surface area contributed by atoms with Gasteiger partial charge in [0.25, 0.3) is 11.8 Å².